The molecule has 0 saturated heterocycles. The molecule has 0 spiro atoms. The molecule has 0 aromatic heterocycles. The lowest BCUT2D eigenvalue weighted by atomic mass is 9.56. The summed E-state index contributed by atoms with van der Waals surface area (Å²) in [5.74, 6) is -0.902. The van der Waals surface area contributed by atoms with Gasteiger partial charge in [-0.2, -0.15) is 0 Å². The predicted octanol–water partition coefficient (Wildman–Crippen LogP) is 0.911. The summed E-state index contributed by atoms with van der Waals surface area (Å²) in [6, 6.07) is 0. The molecule has 0 amide bonds. The maximum atomic E-state index is 11.8. The zero-order valence-electron chi connectivity index (χ0n) is 12.3. The predicted molar refractivity (Wildman–Crippen MR) is 72.8 cm³/mol. The second kappa shape index (κ2) is 4.55. The molecule has 0 radical (unpaired) electrons. The Morgan fingerprint density at radius 1 is 1.30 bits per heavy atom. The topological polar surface area (TPSA) is 87.0 Å². The van der Waals surface area contributed by atoms with Gasteiger partial charge in [-0.05, 0) is 13.8 Å². The zero-order valence-corrected chi connectivity index (χ0v) is 12.3. The molecule has 2 aliphatic rings. The van der Waals surface area contributed by atoms with E-state index >= 15 is 0 Å². The molecule has 5 atom stereocenters. The minimum absolute atomic E-state index is 0.191. The lowest BCUT2D eigenvalue weighted by Gasteiger charge is -2.58. The Morgan fingerprint density at radius 3 is 2.45 bits per heavy atom. The number of ether oxygens (including phenoxy) is 1. The van der Waals surface area contributed by atoms with Gasteiger partial charge in [0.1, 0.15) is 5.60 Å². The molecule has 2 fully saturated rings. The summed E-state index contributed by atoms with van der Waals surface area (Å²) in [4.78, 5) is 11.8. The molecule has 2 rings (SSSR count). The van der Waals surface area contributed by atoms with Gasteiger partial charge in [0.2, 0.25) is 0 Å². The molecule has 5 nitrogen and oxygen atoms in total. The van der Waals surface area contributed by atoms with Crippen LogP contribution in [0.3, 0.4) is 0 Å². The molecule has 0 aromatic rings. The first-order valence-electron chi connectivity index (χ1n) is 7.01. The minimum atomic E-state index is -1.23. The van der Waals surface area contributed by atoms with Crippen molar-refractivity contribution in [1.29, 1.82) is 0 Å². The maximum Gasteiger partial charge on any atom is 0.333 e. The van der Waals surface area contributed by atoms with Crippen LogP contribution < -0.4 is 0 Å². The van der Waals surface area contributed by atoms with Crippen LogP contribution in [0.4, 0.5) is 0 Å². The standard InChI is InChI=1S/C15H24O5/c1-9(2)12(17)20-13(4)7-14(18)5-11(16)6-15(19,8-14)10(13)3/h10-11,16,18-19H,1,5-8H2,2-4H3. The summed E-state index contributed by atoms with van der Waals surface area (Å²) in [7, 11) is 0. The van der Waals surface area contributed by atoms with Crippen molar-refractivity contribution in [2.75, 3.05) is 0 Å². The first kappa shape index (κ1) is 15.5. The Bertz CT molecular complexity index is 448. The Hall–Kier alpha value is -0.910. The Morgan fingerprint density at radius 2 is 1.90 bits per heavy atom. The van der Waals surface area contributed by atoms with Crippen molar-refractivity contribution in [2.24, 2.45) is 5.92 Å². The molecular formula is C15H24O5. The van der Waals surface area contributed by atoms with Crippen molar-refractivity contribution in [3.05, 3.63) is 12.2 Å². The summed E-state index contributed by atoms with van der Waals surface area (Å²) in [6.07, 6.45) is 0.0688. The zero-order chi connectivity index (χ0) is 15.3. The van der Waals surface area contributed by atoms with Crippen molar-refractivity contribution in [3.63, 3.8) is 0 Å². The quantitative estimate of drug-likeness (QED) is 0.518. The highest BCUT2D eigenvalue weighted by atomic mass is 16.6. The number of aliphatic hydroxyl groups excluding tert-OH is 1. The van der Waals surface area contributed by atoms with Gasteiger partial charge in [0.25, 0.3) is 0 Å². The molecule has 2 saturated carbocycles. The largest absolute Gasteiger partial charge is 0.456 e. The number of esters is 1. The number of carbonyl (C=O) groups excluding carboxylic acids is 1. The van der Waals surface area contributed by atoms with E-state index in [-0.39, 0.29) is 37.2 Å². The van der Waals surface area contributed by atoms with Crippen molar-refractivity contribution >= 4 is 5.97 Å². The maximum absolute atomic E-state index is 11.8. The van der Waals surface area contributed by atoms with Crippen molar-refractivity contribution < 1.29 is 24.9 Å². The van der Waals surface area contributed by atoms with E-state index in [9.17, 15) is 20.1 Å². The molecule has 0 heterocycles. The molecule has 2 aliphatic carbocycles. The van der Waals surface area contributed by atoms with Gasteiger partial charge in [0, 0.05) is 37.2 Å². The first-order valence-corrected chi connectivity index (χ1v) is 7.01. The van der Waals surface area contributed by atoms with E-state index in [0.717, 1.165) is 0 Å². The molecule has 2 bridgehead atoms. The van der Waals surface area contributed by atoms with Crippen molar-refractivity contribution in [1.82, 2.24) is 0 Å². The van der Waals surface area contributed by atoms with Gasteiger partial charge in [-0.15, -0.1) is 0 Å². The monoisotopic (exact) mass is 284 g/mol. The fourth-order valence-corrected chi connectivity index (χ4v) is 3.90. The smallest absolute Gasteiger partial charge is 0.333 e. The van der Waals surface area contributed by atoms with Crippen LogP contribution in [0.5, 0.6) is 0 Å². The second-order valence-electron chi connectivity index (χ2n) is 6.95. The Labute approximate surface area is 119 Å². The lowest BCUT2D eigenvalue weighted by molar-refractivity contribution is -0.252. The third-order valence-corrected chi connectivity index (χ3v) is 4.92. The SMILES string of the molecule is C=C(C)C(=O)OC1(C)CC2(O)CC(O)CC(O)(C2)C1C. The van der Waals surface area contributed by atoms with Crippen LogP contribution >= 0.6 is 0 Å². The van der Waals surface area contributed by atoms with Crippen molar-refractivity contribution in [2.45, 2.75) is 69.4 Å². The Balaban J connectivity index is 2.32. The molecule has 5 unspecified atom stereocenters. The molecule has 0 aliphatic heterocycles. The number of hydrogen-bond acceptors (Lipinski definition) is 5. The fourth-order valence-electron chi connectivity index (χ4n) is 3.90. The lowest BCUT2D eigenvalue weighted by Crippen LogP contribution is -2.66. The minimum Gasteiger partial charge on any atom is -0.456 e. The van der Waals surface area contributed by atoms with Gasteiger partial charge in [-0.25, -0.2) is 4.79 Å². The molecule has 0 aromatic carbocycles. The second-order valence-corrected chi connectivity index (χ2v) is 6.95. The van der Waals surface area contributed by atoms with Crippen LogP contribution in [0.15, 0.2) is 12.2 Å². The average Bonchev–Trinajstić information content (AvgIpc) is 2.23. The third kappa shape index (κ3) is 2.50. The number of rotatable bonds is 2. The van der Waals surface area contributed by atoms with Crippen LogP contribution in [-0.2, 0) is 9.53 Å². The van der Waals surface area contributed by atoms with Crippen LogP contribution in [0, 0.1) is 5.92 Å². The van der Waals surface area contributed by atoms with E-state index in [1.807, 2.05) is 0 Å². The van der Waals surface area contributed by atoms with Crippen LogP contribution in [0.25, 0.3) is 0 Å². The summed E-state index contributed by atoms with van der Waals surface area (Å²) in [6.45, 7) is 8.64. The molecule has 3 N–H and O–H groups in total. The molecule has 20 heavy (non-hydrogen) atoms. The number of carbonyl (C=O) groups is 1. The normalized spacial score (nSPS) is 47.7. The average molecular weight is 284 g/mol. The van der Waals surface area contributed by atoms with Crippen LogP contribution in [-0.4, -0.2) is 44.2 Å². The van der Waals surface area contributed by atoms with Crippen molar-refractivity contribution in [3.8, 4) is 0 Å². The van der Waals surface area contributed by atoms with Gasteiger partial charge in [0.05, 0.1) is 17.3 Å². The number of fused-ring (bicyclic) bond motifs is 2. The highest BCUT2D eigenvalue weighted by molar-refractivity contribution is 5.87. The number of hydrogen-bond donors (Lipinski definition) is 3. The van der Waals surface area contributed by atoms with Crippen LogP contribution in [0.1, 0.15) is 46.5 Å². The fraction of sp³-hybridized carbons (Fsp3) is 0.800. The summed E-state index contributed by atoms with van der Waals surface area (Å²) < 4.78 is 5.51. The third-order valence-electron chi connectivity index (χ3n) is 4.92. The molecule has 114 valence electrons. The number of aliphatic hydroxyl groups is 3. The van der Waals surface area contributed by atoms with E-state index < -0.39 is 28.9 Å². The highest BCUT2D eigenvalue weighted by Crippen LogP contribution is 2.53. The van der Waals surface area contributed by atoms with Gasteiger partial charge >= 0.3 is 5.97 Å². The summed E-state index contributed by atoms with van der Waals surface area (Å²) in [5.41, 5.74) is -3.12. The Kier molecular flexibility index (Phi) is 3.52. The molecule has 5 heteroatoms. The van der Waals surface area contributed by atoms with Gasteiger partial charge in [-0.1, -0.05) is 13.5 Å². The van der Waals surface area contributed by atoms with E-state index in [1.165, 1.54) is 0 Å². The van der Waals surface area contributed by atoms with Gasteiger partial charge < -0.3 is 20.1 Å². The van der Waals surface area contributed by atoms with Gasteiger partial charge in [0.15, 0.2) is 0 Å². The van der Waals surface area contributed by atoms with Gasteiger partial charge in [-0.3, -0.25) is 0 Å². The summed E-state index contributed by atoms with van der Waals surface area (Å²) in [5, 5.41) is 31.2. The highest BCUT2D eigenvalue weighted by Gasteiger charge is 2.61. The van der Waals surface area contributed by atoms with Crippen LogP contribution in [0.2, 0.25) is 0 Å². The van der Waals surface area contributed by atoms with E-state index in [0.29, 0.717) is 0 Å². The summed E-state index contributed by atoms with van der Waals surface area (Å²) >= 11 is 0. The molecular weight excluding hydrogens is 260 g/mol. The van der Waals surface area contributed by atoms with E-state index in [1.54, 1.807) is 20.8 Å². The van der Waals surface area contributed by atoms with E-state index in [4.69, 9.17) is 4.74 Å². The first-order chi connectivity index (χ1) is 9.00. The van der Waals surface area contributed by atoms with E-state index in [2.05, 4.69) is 6.58 Å².